The van der Waals surface area contributed by atoms with E-state index in [0.29, 0.717) is 13.1 Å². The smallest absolute Gasteiger partial charge is 0.246 e. The van der Waals surface area contributed by atoms with Crippen LogP contribution in [0.1, 0.15) is 24.4 Å². The molecule has 0 radical (unpaired) electrons. The van der Waals surface area contributed by atoms with Crippen molar-refractivity contribution >= 4 is 39.1 Å². The van der Waals surface area contributed by atoms with Gasteiger partial charge in [-0.15, -0.1) is 0 Å². The number of hydrogen-bond acceptors (Lipinski definition) is 4. The summed E-state index contributed by atoms with van der Waals surface area (Å²) < 4.78 is 27.6. The maximum absolute atomic E-state index is 13.1. The summed E-state index contributed by atoms with van der Waals surface area (Å²) in [5, 5.41) is 3.30. The Kier molecular flexibility index (Phi) is 6.36. The molecule has 1 saturated heterocycles. The van der Waals surface area contributed by atoms with E-state index < -0.39 is 16.1 Å². The number of benzene rings is 2. The van der Waals surface area contributed by atoms with Crippen molar-refractivity contribution in [2.75, 3.05) is 26.2 Å². The molecule has 30 heavy (non-hydrogen) atoms. The fourth-order valence-electron chi connectivity index (χ4n) is 3.73. The minimum absolute atomic E-state index is 0.0332. The van der Waals surface area contributed by atoms with Gasteiger partial charge in [0.15, 0.2) is 0 Å². The first-order valence-electron chi connectivity index (χ1n) is 9.91. The molecule has 160 valence electrons. The van der Waals surface area contributed by atoms with Crippen molar-refractivity contribution < 1.29 is 13.2 Å². The van der Waals surface area contributed by atoms with E-state index in [-0.39, 0.29) is 40.0 Å². The minimum atomic E-state index is -3.82. The highest BCUT2D eigenvalue weighted by molar-refractivity contribution is 7.89. The van der Waals surface area contributed by atoms with Crippen LogP contribution < -0.4 is 5.32 Å². The molecule has 6 nitrogen and oxygen atoms in total. The van der Waals surface area contributed by atoms with Crippen molar-refractivity contribution in [3.8, 4) is 0 Å². The standard InChI is InChI=1S/C21H23Cl2N3O3S/c22-17-7-4-8-18(23)20(17)30(28,29)26-13-11-25(12-14-26)19(15-5-2-1-3-6-15)21(27)24-16-9-10-16/h1-8,16,19H,9-14H2,(H,24,27)/t19-/m1/s1. The monoisotopic (exact) mass is 467 g/mol. The van der Waals surface area contributed by atoms with E-state index >= 15 is 0 Å². The SMILES string of the molecule is O=C(NC1CC1)[C@@H](c1ccccc1)N1CCN(S(=O)(=O)c2c(Cl)cccc2Cl)CC1. The van der Waals surface area contributed by atoms with Gasteiger partial charge in [-0.3, -0.25) is 9.69 Å². The number of nitrogens with zero attached hydrogens (tertiary/aromatic N) is 2. The summed E-state index contributed by atoms with van der Waals surface area (Å²) in [7, 11) is -3.82. The predicted molar refractivity (Wildman–Crippen MR) is 117 cm³/mol. The molecule has 0 aromatic heterocycles. The molecule has 4 rings (SSSR count). The second kappa shape index (κ2) is 8.85. The lowest BCUT2D eigenvalue weighted by molar-refractivity contribution is -0.127. The molecule has 0 bridgehead atoms. The summed E-state index contributed by atoms with van der Waals surface area (Å²) in [6, 6.07) is 14.1. The Morgan fingerprint density at radius 3 is 2.10 bits per heavy atom. The quantitative estimate of drug-likeness (QED) is 0.707. The third kappa shape index (κ3) is 4.50. The Morgan fingerprint density at radius 1 is 0.933 bits per heavy atom. The summed E-state index contributed by atoms with van der Waals surface area (Å²) in [5.41, 5.74) is 0.904. The van der Waals surface area contributed by atoms with Gasteiger partial charge in [-0.1, -0.05) is 59.6 Å². The first kappa shape index (κ1) is 21.6. The molecule has 1 atom stereocenters. The fourth-order valence-corrected chi connectivity index (χ4v) is 6.24. The van der Waals surface area contributed by atoms with E-state index in [1.165, 1.54) is 16.4 Å². The van der Waals surface area contributed by atoms with Crippen molar-refractivity contribution in [1.82, 2.24) is 14.5 Å². The van der Waals surface area contributed by atoms with Crippen LogP contribution >= 0.6 is 23.2 Å². The molecule has 2 aliphatic rings. The van der Waals surface area contributed by atoms with E-state index in [1.54, 1.807) is 6.07 Å². The number of nitrogens with one attached hydrogen (secondary N) is 1. The minimum Gasteiger partial charge on any atom is -0.352 e. The van der Waals surface area contributed by atoms with Gasteiger partial charge in [-0.2, -0.15) is 4.31 Å². The Labute approximate surface area is 186 Å². The van der Waals surface area contributed by atoms with Crippen molar-refractivity contribution in [3.05, 3.63) is 64.1 Å². The third-order valence-electron chi connectivity index (χ3n) is 5.44. The van der Waals surface area contributed by atoms with Gasteiger partial charge in [0, 0.05) is 32.2 Å². The Morgan fingerprint density at radius 2 is 1.53 bits per heavy atom. The molecule has 2 aromatic carbocycles. The van der Waals surface area contributed by atoms with Crippen molar-refractivity contribution in [2.24, 2.45) is 0 Å². The zero-order valence-electron chi connectivity index (χ0n) is 16.3. The summed E-state index contributed by atoms with van der Waals surface area (Å²) in [6.45, 7) is 1.37. The van der Waals surface area contributed by atoms with Gasteiger partial charge in [0.25, 0.3) is 0 Å². The summed E-state index contributed by atoms with van der Waals surface area (Å²) in [4.78, 5) is 14.9. The van der Waals surface area contributed by atoms with E-state index in [4.69, 9.17) is 23.2 Å². The first-order chi connectivity index (χ1) is 14.4. The topological polar surface area (TPSA) is 69.7 Å². The normalized spacial score (nSPS) is 19.4. The van der Waals surface area contributed by atoms with Crippen molar-refractivity contribution in [1.29, 1.82) is 0 Å². The maximum atomic E-state index is 13.1. The van der Waals surface area contributed by atoms with Crippen LogP contribution in [0.5, 0.6) is 0 Å². The average molecular weight is 468 g/mol. The molecular formula is C21H23Cl2N3O3S. The highest BCUT2D eigenvalue weighted by atomic mass is 35.5. The van der Waals surface area contributed by atoms with Crippen LogP contribution in [0.4, 0.5) is 0 Å². The van der Waals surface area contributed by atoms with E-state index in [0.717, 1.165) is 18.4 Å². The molecule has 1 aliphatic heterocycles. The fraction of sp³-hybridized carbons (Fsp3) is 0.381. The number of sulfonamides is 1. The number of carbonyl (C=O) groups is 1. The van der Waals surface area contributed by atoms with Crippen molar-refractivity contribution in [2.45, 2.75) is 29.8 Å². The number of rotatable bonds is 6. The van der Waals surface area contributed by atoms with Crippen LogP contribution in [-0.2, 0) is 14.8 Å². The number of halogens is 2. The van der Waals surface area contributed by atoms with Crippen molar-refractivity contribution in [3.63, 3.8) is 0 Å². The van der Waals surface area contributed by atoms with Gasteiger partial charge in [0.2, 0.25) is 15.9 Å². The highest BCUT2D eigenvalue weighted by Gasteiger charge is 2.37. The van der Waals surface area contributed by atoms with Crippen LogP contribution in [0.15, 0.2) is 53.4 Å². The first-order valence-corrected chi connectivity index (χ1v) is 12.1. The molecular weight excluding hydrogens is 445 g/mol. The average Bonchev–Trinajstić information content (AvgIpc) is 3.53. The van der Waals surface area contributed by atoms with Gasteiger partial charge in [0.1, 0.15) is 10.9 Å². The lowest BCUT2D eigenvalue weighted by atomic mass is 10.0. The number of carbonyl (C=O) groups excluding carboxylic acids is 1. The van der Waals surface area contributed by atoms with E-state index in [2.05, 4.69) is 5.32 Å². The molecule has 1 N–H and O–H groups in total. The van der Waals surface area contributed by atoms with Crippen LogP contribution in [0, 0.1) is 0 Å². The Balaban J connectivity index is 1.52. The maximum Gasteiger partial charge on any atom is 0.246 e. The number of hydrogen-bond donors (Lipinski definition) is 1. The van der Waals surface area contributed by atoms with Gasteiger partial charge < -0.3 is 5.32 Å². The Hall–Kier alpha value is -1.64. The molecule has 1 heterocycles. The van der Waals surface area contributed by atoms with Gasteiger partial charge >= 0.3 is 0 Å². The number of piperazine rings is 1. The summed E-state index contributed by atoms with van der Waals surface area (Å²) in [6.07, 6.45) is 2.02. The largest absolute Gasteiger partial charge is 0.352 e. The lowest BCUT2D eigenvalue weighted by Gasteiger charge is -2.38. The van der Waals surface area contributed by atoms with Crippen LogP contribution in [0.2, 0.25) is 10.0 Å². The predicted octanol–water partition coefficient (Wildman–Crippen LogP) is 3.32. The zero-order chi connectivity index (χ0) is 21.3. The highest BCUT2D eigenvalue weighted by Crippen LogP contribution is 2.33. The molecule has 0 unspecified atom stereocenters. The molecule has 0 spiro atoms. The second-order valence-electron chi connectivity index (χ2n) is 7.59. The molecule has 2 fully saturated rings. The third-order valence-corrected chi connectivity index (χ3v) is 8.30. The molecule has 2 aromatic rings. The molecule has 1 aliphatic carbocycles. The van der Waals surface area contributed by atoms with Crippen LogP contribution in [0.25, 0.3) is 0 Å². The Bertz CT molecular complexity index is 1000. The van der Waals surface area contributed by atoms with Gasteiger partial charge in [-0.05, 0) is 30.5 Å². The van der Waals surface area contributed by atoms with Crippen LogP contribution in [0.3, 0.4) is 0 Å². The second-order valence-corrected chi connectivity index (χ2v) is 10.3. The summed E-state index contributed by atoms with van der Waals surface area (Å²) >= 11 is 12.3. The van der Waals surface area contributed by atoms with Gasteiger partial charge in [-0.25, -0.2) is 8.42 Å². The lowest BCUT2D eigenvalue weighted by Crippen LogP contribution is -2.52. The molecule has 1 saturated carbocycles. The van der Waals surface area contributed by atoms with E-state index in [9.17, 15) is 13.2 Å². The number of amides is 1. The van der Waals surface area contributed by atoms with E-state index in [1.807, 2.05) is 35.2 Å². The van der Waals surface area contributed by atoms with Crippen LogP contribution in [-0.4, -0.2) is 55.8 Å². The summed E-state index contributed by atoms with van der Waals surface area (Å²) in [5.74, 6) is -0.0332. The molecule has 1 amide bonds. The van der Waals surface area contributed by atoms with Gasteiger partial charge in [0.05, 0.1) is 10.0 Å². The zero-order valence-corrected chi connectivity index (χ0v) is 18.6. The molecule has 9 heteroatoms.